The Morgan fingerprint density at radius 2 is 2.04 bits per heavy atom. The first kappa shape index (κ1) is 17.5. The summed E-state index contributed by atoms with van der Waals surface area (Å²) in [6.45, 7) is 9.42. The van der Waals surface area contributed by atoms with E-state index < -0.39 is 0 Å². The summed E-state index contributed by atoms with van der Waals surface area (Å²) in [6, 6.07) is 8.10. The minimum absolute atomic E-state index is 0.0800. The molecule has 6 heteroatoms. The van der Waals surface area contributed by atoms with Crippen LogP contribution >= 0.6 is 0 Å². The Morgan fingerprint density at radius 3 is 2.72 bits per heavy atom. The Balaban J connectivity index is 1.58. The van der Waals surface area contributed by atoms with Crippen LogP contribution in [-0.4, -0.2) is 51.8 Å². The zero-order valence-corrected chi connectivity index (χ0v) is 15.4. The van der Waals surface area contributed by atoms with Crippen LogP contribution in [-0.2, 0) is 4.79 Å². The van der Waals surface area contributed by atoms with Crippen LogP contribution in [0.1, 0.15) is 37.2 Å². The third kappa shape index (κ3) is 4.18. The summed E-state index contributed by atoms with van der Waals surface area (Å²) in [6.07, 6.45) is 3.28. The van der Waals surface area contributed by atoms with Gasteiger partial charge in [-0.1, -0.05) is 6.07 Å². The normalized spacial score (nSPS) is 16.6. The molecular weight excluding hydrogens is 314 g/mol. The number of amides is 1. The van der Waals surface area contributed by atoms with Gasteiger partial charge in [-0.15, -0.1) is 0 Å². The van der Waals surface area contributed by atoms with E-state index >= 15 is 0 Å². The summed E-state index contributed by atoms with van der Waals surface area (Å²) in [7, 11) is 0. The smallest absolute Gasteiger partial charge is 0.224 e. The molecule has 0 aliphatic carbocycles. The van der Waals surface area contributed by atoms with E-state index in [4.69, 9.17) is 0 Å². The minimum atomic E-state index is 0.0800. The van der Waals surface area contributed by atoms with Crippen LogP contribution in [0.3, 0.4) is 0 Å². The van der Waals surface area contributed by atoms with E-state index in [0.29, 0.717) is 6.42 Å². The molecule has 1 amide bonds. The summed E-state index contributed by atoms with van der Waals surface area (Å²) in [5.74, 6) is 1.20. The van der Waals surface area contributed by atoms with E-state index in [2.05, 4.69) is 28.0 Å². The lowest BCUT2D eigenvalue weighted by Gasteiger charge is -2.24. The van der Waals surface area contributed by atoms with E-state index in [0.717, 1.165) is 49.8 Å². The predicted octanol–water partition coefficient (Wildman–Crippen LogP) is 2.58. The highest BCUT2D eigenvalue weighted by molar-refractivity contribution is 5.76. The topological polar surface area (TPSA) is 54.3 Å². The van der Waals surface area contributed by atoms with Crippen molar-refractivity contribution in [3.63, 3.8) is 0 Å². The van der Waals surface area contributed by atoms with Gasteiger partial charge >= 0.3 is 0 Å². The quantitative estimate of drug-likeness (QED) is 0.858. The SMILES string of the molecule is Cc1cc(C)n([C@@H](C)CC(=O)N2CCCN(c3ccccn3)CC2)n1. The molecular formula is C19H27N5O. The Bertz CT molecular complexity index is 712. The average molecular weight is 341 g/mol. The molecule has 3 rings (SSSR count). The van der Waals surface area contributed by atoms with Gasteiger partial charge in [-0.25, -0.2) is 4.98 Å². The summed E-state index contributed by atoms with van der Waals surface area (Å²) in [5.41, 5.74) is 2.10. The van der Waals surface area contributed by atoms with Gasteiger partial charge in [0.1, 0.15) is 5.82 Å². The lowest BCUT2D eigenvalue weighted by molar-refractivity contribution is -0.131. The fourth-order valence-electron chi connectivity index (χ4n) is 3.50. The van der Waals surface area contributed by atoms with E-state index in [1.54, 1.807) is 0 Å². The van der Waals surface area contributed by atoms with Crippen molar-refractivity contribution in [2.45, 2.75) is 39.7 Å². The Labute approximate surface area is 149 Å². The fraction of sp³-hybridized carbons (Fsp3) is 0.526. The molecule has 1 fully saturated rings. The number of carbonyl (C=O) groups excluding carboxylic acids is 1. The molecule has 1 aliphatic rings. The molecule has 0 aromatic carbocycles. The monoisotopic (exact) mass is 341 g/mol. The van der Waals surface area contributed by atoms with Crippen molar-refractivity contribution in [2.75, 3.05) is 31.1 Å². The number of anilines is 1. The number of carbonyl (C=O) groups is 1. The summed E-state index contributed by atoms with van der Waals surface area (Å²) < 4.78 is 1.96. The Morgan fingerprint density at radius 1 is 1.20 bits per heavy atom. The highest BCUT2D eigenvalue weighted by Gasteiger charge is 2.22. The van der Waals surface area contributed by atoms with E-state index in [1.807, 2.05) is 47.8 Å². The maximum Gasteiger partial charge on any atom is 0.224 e. The number of aromatic nitrogens is 3. The molecule has 0 unspecified atom stereocenters. The van der Waals surface area contributed by atoms with E-state index in [9.17, 15) is 4.79 Å². The van der Waals surface area contributed by atoms with E-state index in [-0.39, 0.29) is 11.9 Å². The van der Waals surface area contributed by atoms with Crippen LogP contribution in [0, 0.1) is 13.8 Å². The van der Waals surface area contributed by atoms with Gasteiger partial charge in [-0.05, 0) is 45.4 Å². The Hall–Kier alpha value is -2.37. The first-order chi connectivity index (χ1) is 12.0. The number of rotatable bonds is 4. The molecule has 0 saturated carbocycles. The first-order valence-electron chi connectivity index (χ1n) is 9.01. The molecule has 1 saturated heterocycles. The lowest BCUT2D eigenvalue weighted by Crippen LogP contribution is -2.36. The third-order valence-corrected chi connectivity index (χ3v) is 4.75. The van der Waals surface area contributed by atoms with Crippen molar-refractivity contribution in [3.8, 4) is 0 Å². The molecule has 1 aliphatic heterocycles. The standard InChI is InChI=1S/C19H27N5O/c1-15-13-16(2)24(21-15)17(3)14-19(25)23-10-6-9-22(11-12-23)18-7-4-5-8-20-18/h4-5,7-8,13,17H,6,9-12,14H2,1-3H3/t17-/m0/s1. The van der Waals surface area contributed by atoms with Gasteiger partial charge in [0.05, 0.1) is 11.7 Å². The molecule has 0 N–H and O–H groups in total. The maximum atomic E-state index is 12.7. The van der Waals surface area contributed by atoms with Crippen LogP contribution in [0.5, 0.6) is 0 Å². The highest BCUT2D eigenvalue weighted by atomic mass is 16.2. The number of hydrogen-bond acceptors (Lipinski definition) is 4. The van der Waals surface area contributed by atoms with Crippen LogP contribution in [0.15, 0.2) is 30.5 Å². The zero-order valence-electron chi connectivity index (χ0n) is 15.4. The van der Waals surface area contributed by atoms with Gasteiger partial charge in [-0.2, -0.15) is 5.10 Å². The predicted molar refractivity (Wildman–Crippen MR) is 98.7 cm³/mol. The van der Waals surface area contributed by atoms with Gasteiger partial charge in [0.25, 0.3) is 0 Å². The first-order valence-corrected chi connectivity index (χ1v) is 9.01. The summed E-state index contributed by atoms with van der Waals surface area (Å²) >= 11 is 0. The minimum Gasteiger partial charge on any atom is -0.355 e. The number of nitrogens with zero attached hydrogens (tertiary/aromatic N) is 5. The molecule has 2 aromatic rings. The van der Waals surface area contributed by atoms with Gasteiger partial charge < -0.3 is 9.80 Å². The molecule has 25 heavy (non-hydrogen) atoms. The van der Waals surface area contributed by atoms with Crippen molar-refractivity contribution >= 4 is 11.7 Å². The third-order valence-electron chi connectivity index (χ3n) is 4.75. The van der Waals surface area contributed by atoms with Crippen molar-refractivity contribution < 1.29 is 4.79 Å². The molecule has 0 spiro atoms. The van der Waals surface area contributed by atoms with Crippen molar-refractivity contribution in [2.24, 2.45) is 0 Å². The lowest BCUT2D eigenvalue weighted by atomic mass is 10.2. The number of hydrogen-bond donors (Lipinski definition) is 0. The second-order valence-electron chi connectivity index (χ2n) is 6.83. The number of aryl methyl sites for hydroxylation is 2. The van der Waals surface area contributed by atoms with Gasteiger partial charge in [0.15, 0.2) is 0 Å². The molecule has 3 heterocycles. The van der Waals surface area contributed by atoms with Gasteiger partial charge in [0.2, 0.25) is 5.91 Å². The van der Waals surface area contributed by atoms with Crippen LogP contribution in [0.4, 0.5) is 5.82 Å². The van der Waals surface area contributed by atoms with Crippen molar-refractivity contribution in [1.29, 1.82) is 0 Å². The van der Waals surface area contributed by atoms with Crippen molar-refractivity contribution in [3.05, 3.63) is 41.9 Å². The van der Waals surface area contributed by atoms with E-state index in [1.165, 1.54) is 0 Å². The molecule has 6 nitrogen and oxygen atoms in total. The van der Waals surface area contributed by atoms with Crippen molar-refractivity contribution in [1.82, 2.24) is 19.7 Å². The zero-order chi connectivity index (χ0) is 17.8. The summed E-state index contributed by atoms with van der Waals surface area (Å²) in [4.78, 5) is 21.4. The number of pyridine rings is 1. The largest absolute Gasteiger partial charge is 0.355 e. The van der Waals surface area contributed by atoms with Crippen LogP contribution in [0.2, 0.25) is 0 Å². The molecule has 0 radical (unpaired) electrons. The molecule has 134 valence electrons. The molecule has 1 atom stereocenters. The van der Waals surface area contributed by atoms with Gasteiger partial charge in [-0.3, -0.25) is 9.48 Å². The Kier molecular flexibility index (Phi) is 5.36. The van der Waals surface area contributed by atoms with Crippen LogP contribution < -0.4 is 4.90 Å². The van der Waals surface area contributed by atoms with Gasteiger partial charge in [0, 0.05) is 44.5 Å². The molecule has 2 aromatic heterocycles. The highest BCUT2D eigenvalue weighted by Crippen LogP contribution is 2.18. The fourth-order valence-corrected chi connectivity index (χ4v) is 3.50. The summed E-state index contributed by atoms with van der Waals surface area (Å²) in [5, 5.41) is 4.51. The molecule has 0 bridgehead atoms. The van der Waals surface area contributed by atoms with Crippen LogP contribution in [0.25, 0.3) is 0 Å². The average Bonchev–Trinajstić information content (AvgIpc) is 2.81. The second kappa shape index (κ2) is 7.68. The maximum absolute atomic E-state index is 12.7. The second-order valence-corrected chi connectivity index (χ2v) is 6.83.